The van der Waals surface area contributed by atoms with Crippen LogP contribution in [-0.4, -0.2) is 11.1 Å². The van der Waals surface area contributed by atoms with Crippen molar-refractivity contribution in [2.45, 2.75) is 85.0 Å². The zero-order valence-corrected chi connectivity index (χ0v) is 14.0. The van der Waals surface area contributed by atoms with Crippen molar-refractivity contribution in [2.75, 3.05) is 0 Å². The summed E-state index contributed by atoms with van der Waals surface area (Å²) in [6.07, 6.45) is 15.0. The Morgan fingerprint density at radius 3 is 1.45 bits per heavy atom. The van der Waals surface area contributed by atoms with E-state index < -0.39 is 5.97 Å². The molecular formula is C18H36O2. The van der Waals surface area contributed by atoms with Crippen molar-refractivity contribution in [3.63, 3.8) is 0 Å². The van der Waals surface area contributed by atoms with Crippen LogP contribution in [0, 0.1) is 0 Å². The number of unbranched alkanes of at least 4 members (excludes halogenated alkanes) is 8. The van der Waals surface area contributed by atoms with Gasteiger partial charge in [-0.25, -0.2) is 0 Å². The van der Waals surface area contributed by atoms with Gasteiger partial charge in [0.05, 0.1) is 0 Å². The summed E-state index contributed by atoms with van der Waals surface area (Å²) in [5.74, 6) is -0.659. The highest BCUT2D eigenvalue weighted by atomic mass is 16.4. The maximum absolute atomic E-state index is 10.2. The van der Waals surface area contributed by atoms with Gasteiger partial charge in [0.1, 0.15) is 0 Å². The molecule has 0 radical (unpaired) electrons. The Labute approximate surface area is 127 Å². The minimum atomic E-state index is -0.659. The van der Waals surface area contributed by atoms with Gasteiger partial charge < -0.3 is 5.11 Å². The van der Waals surface area contributed by atoms with E-state index in [-0.39, 0.29) is 0 Å². The lowest BCUT2D eigenvalue weighted by molar-refractivity contribution is -0.137. The Bertz CT molecular complexity index is 192. The van der Waals surface area contributed by atoms with E-state index in [4.69, 9.17) is 5.11 Å². The second-order valence-corrected chi connectivity index (χ2v) is 4.79. The molecule has 120 valence electrons. The van der Waals surface area contributed by atoms with Crippen LogP contribution in [0.4, 0.5) is 0 Å². The molecule has 0 aromatic rings. The molecule has 0 atom stereocenters. The van der Waals surface area contributed by atoms with E-state index in [1.807, 2.05) is 13.8 Å². The van der Waals surface area contributed by atoms with E-state index >= 15 is 0 Å². The summed E-state index contributed by atoms with van der Waals surface area (Å²) >= 11 is 0. The van der Waals surface area contributed by atoms with Gasteiger partial charge in [-0.05, 0) is 20.3 Å². The molecule has 0 aromatic heterocycles. The van der Waals surface area contributed by atoms with Crippen LogP contribution in [0.25, 0.3) is 0 Å². The predicted molar refractivity (Wildman–Crippen MR) is 91.2 cm³/mol. The zero-order valence-electron chi connectivity index (χ0n) is 14.0. The third kappa shape index (κ3) is 43.6. The van der Waals surface area contributed by atoms with Gasteiger partial charge in [-0.15, -0.1) is 13.2 Å². The van der Waals surface area contributed by atoms with E-state index in [0.717, 1.165) is 12.8 Å². The third-order valence-electron chi connectivity index (χ3n) is 2.49. The summed E-state index contributed by atoms with van der Waals surface area (Å²) in [5, 5.41) is 8.41. The number of carbonyl (C=O) groups is 1. The summed E-state index contributed by atoms with van der Waals surface area (Å²) in [7, 11) is 0. The van der Waals surface area contributed by atoms with Gasteiger partial charge in [-0.3, -0.25) is 4.79 Å². The Balaban J connectivity index is -0.000000408. The fourth-order valence-electron chi connectivity index (χ4n) is 1.59. The quantitative estimate of drug-likeness (QED) is 0.373. The highest BCUT2D eigenvalue weighted by molar-refractivity contribution is 5.66. The number of rotatable bonds is 10. The fourth-order valence-corrected chi connectivity index (χ4v) is 1.59. The third-order valence-corrected chi connectivity index (χ3v) is 2.49. The van der Waals surface area contributed by atoms with Crippen LogP contribution in [0.3, 0.4) is 0 Å². The molecule has 0 rings (SSSR count). The standard InChI is InChI=1S/C12H24O2.2C3H6/c1-2-3-4-5-6-7-8-9-10-11-12(13)14;2*1-3-2/h2-11H2,1H3,(H,13,14);2*3H,1H2,2H3. The molecule has 0 aromatic carbocycles. The van der Waals surface area contributed by atoms with Crippen LogP contribution in [0.5, 0.6) is 0 Å². The van der Waals surface area contributed by atoms with E-state index in [9.17, 15) is 4.79 Å². The predicted octanol–water partition coefficient (Wildman–Crippen LogP) is 6.38. The largest absolute Gasteiger partial charge is 0.481 e. The molecule has 0 saturated carbocycles. The SMILES string of the molecule is C=CC.C=CC.CCCCCCCCCCCC(=O)O. The average molecular weight is 284 g/mol. The smallest absolute Gasteiger partial charge is 0.303 e. The topological polar surface area (TPSA) is 37.3 Å². The monoisotopic (exact) mass is 284 g/mol. The van der Waals surface area contributed by atoms with Crippen molar-refractivity contribution in [1.29, 1.82) is 0 Å². The van der Waals surface area contributed by atoms with E-state index in [1.165, 1.54) is 44.9 Å². The first-order valence-electron chi connectivity index (χ1n) is 7.96. The van der Waals surface area contributed by atoms with E-state index in [0.29, 0.717) is 6.42 Å². The van der Waals surface area contributed by atoms with Gasteiger partial charge in [-0.2, -0.15) is 0 Å². The Hall–Kier alpha value is -1.05. The second kappa shape index (κ2) is 26.5. The highest BCUT2D eigenvalue weighted by Gasteiger charge is 1.96. The molecule has 0 unspecified atom stereocenters. The Morgan fingerprint density at radius 1 is 0.850 bits per heavy atom. The second-order valence-electron chi connectivity index (χ2n) is 4.79. The van der Waals surface area contributed by atoms with Crippen molar-refractivity contribution in [3.8, 4) is 0 Å². The van der Waals surface area contributed by atoms with Crippen LogP contribution < -0.4 is 0 Å². The molecule has 0 bridgehead atoms. The van der Waals surface area contributed by atoms with Crippen LogP contribution in [-0.2, 0) is 4.79 Å². The molecule has 2 heteroatoms. The van der Waals surface area contributed by atoms with Crippen molar-refractivity contribution >= 4 is 5.97 Å². The van der Waals surface area contributed by atoms with Gasteiger partial charge in [-0.1, -0.05) is 70.4 Å². The van der Waals surface area contributed by atoms with Crippen molar-refractivity contribution in [3.05, 3.63) is 25.3 Å². The number of carboxylic acids is 1. The van der Waals surface area contributed by atoms with Crippen molar-refractivity contribution < 1.29 is 9.90 Å². The number of carboxylic acid groups (broad SMARTS) is 1. The molecule has 0 aliphatic carbocycles. The molecule has 2 nitrogen and oxygen atoms in total. The van der Waals surface area contributed by atoms with Crippen LogP contribution in [0.2, 0.25) is 0 Å². The number of hydrogen-bond donors (Lipinski definition) is 1. The molecule has 0 saturated heterocycles. The van der Waals surface area contributed by atoms with Crippen LogP contribution in [0.15, 0.2) is 25.3 Å². The number of aliphatic carboxylic acids is 1. The van der Waals surface area contributed by atoms with Crippen LogP contribution >= 0.6 is 0 Å². The first-order valence-corrected chi connectivity index (χ1v) is 7.96. The van der Waals surface area contributed by atoms with Gasteiger partial charge in [0.15, 0.2) is 0 Å². The van der Waals surface area contributed by atoms with Gasteiger partial charge >= 0.3 is 5.97 Å². The summed E-state index contributed by atoms with van der Waals surface area (Å²) in [6.45, 7) is 12.7. The maximum atomic E-state index is 10.2. The Morgan fingerprint density at radius 2 is 1.15 bits per heavy atom. The first kappa shape index (κ1) is 24.0. The first-order chi connectivity index (χ1) is 9.60. The molecule has 20 heavy (non-hydrogen) atoms. The summed E-state index contributed by atoms with van der Waals surface area (Å²) < 4.78 is 0. The normalized spacial score (nSPS) is 8.55. The zero-order chi connectivity index (χ0) is 16.1. The maximum Gasteiger partial charge on any atom is 0.303 e. The summed E-state index contributed by atoms with van der Waals surface area (Å²) in [4.78, 5) is 10.2. The minimum Gasteiger partial charge on any atom is -0.481 e. The van der Waals surface area contributed by atoms with Gasteiger partial charge in [0, 0.05) is 6.42 Å². The average Bonchev–Trinajstić information content (AvgIpc) is 2.38. The number of allylic oxidation sites excluding steroid dienone is 2. The Kier molecular flexibility index (Phi) is 31.8. The lowest BCUT2D eigenvalue weighted by Gasteiger charge is -2.00. The minimum absolute atomic E-state index is 0.343. The summed E-state index contributed by atoms with van der Waals surface area (Å²) in [5.41, 5.74) is 0. The van der Waals surface area contributed by atoms with Gasteiger partial charge in [0.25, 0.3) is 0 Å². The molecule has 0 spiro atoms. The van der Waals surface area contributed by atoms with Crippen LogP contribution in [0.1, 0.15) is 85.0 Å². The molecule has 0 fully saturated rings. The van der Waals surface area contributed by atoms with Gasteiger partial charge in [0.2, 0.25) is 0 Å². The molecule has 0 amide bonds. The van der Waals surface area contributed by atoms with E-state index in [2.05, 4.69) is 20.1 Å². The molecule has 1 N–H and O–H groups in total. The van der Waals surface area contributed by atoms with E-state index in [1.54, 1.807) is 12.2 Å². The molecule has 0 aliphatic rings. The lowest BCUT2D eigenvalue weighted by atomic mass is 10.1. The van der Waals surface area contributed by atoms with Crippen molar-refractivity contribution in [1.82, 2.24) is 0 Å². The summed E-state index contributed by atoms with van der Waals surface area (Å²) in [6, 6.07) is 0. The highest BCUT2D eigenvalue weighted by Crippen LogP contribution is 2.10. The molecule has 0 heterocycles. The molecular weight excluding hydrogens is 248 g/mol. The number of hydrogen-bond acceptors (Lipinski definition) is 1. The molecule has 0 aliphatic heterocycles. The lowest BCUT2D eigenvalue weighted by Crippen LogP contribution is -1.93. The fraction of sp³-hybridized carbons (Fsp3) is 0.722. The van der Waals surface area contributed by atoms with Crippen molar-refractivity contribution in [2.24, 2.45) is 0 Å².